The lowest BCUT2D eigenvalue weighted by molar-refractivity contribution is -0.131. The van der Waals surface area contributed by atoms with Crippen LogP contribution in [0.5, 0.6) is 0 Å². The maximum atomic E-state index is 12.6. The van der Waals surface area contributed by atoms with E-state index >= 15 is 0 Å². The number of likely N-dealkylation sites (tertiary alicyclic amines) is 2. The van der Waals surface area contributed by atoms with Crippen molar-refractivity contribution < 1.29 is 14.7 Å². The topological polar surface area (TPSA) is 90.7 Å². The number of carbonyl (C=O) groups excluding carboxylic acids is 2. The van der Waals surface area contributed by atoms with E-state index in [0.29, 0.717) is 32.4 Å². The second kappa shape index (κ2) is 9.71. The molecule has 0 radical (unpaired) electrons. The van der Waals surface area contributed by atoms with Gasteiger partial charge < -0.3 is 20.2 Å². The molecular weight excluding hydrogens is 370 g/mol. The van der Waals surface area contributed by atoms with Crippen molar-refractivity contribution in [3.05, 3.63) is 18.0 Å². The smallest absolute Gasteiger partial charge is 0.222 e. The van der Waals surface area contributed by atoms with Gasteiger partial charge in [-0.1, -0.05) is 0 Å². The van der Waals surface area contributed by atoms with Gasteiger partial charge in [0.15, 0.2) is 0 Å². The molecule has 3 rings (SSSR count). The minimum atomic E-state index is -0.737. The van der Waals surface area contributed by atoms with E-state index in [-0.39, 0.29) is 17.9 Å². The van der Waals surface area contributed by atoms with Crippen molar-refractivity contribution in [2.75, 3.05) is 32.7 Å². The van der Waals surface area contributed by atoms with Crippen LogP contribution in [-0.2, 0) is 23.1 Å². The van der Waals surface area contributed by atoms with Crippen molar-refractivity contribution in [3.8, 4) is 0 Å². The van der Waals surface area contributed by atoms with Gasteiger partial charge in [0.2, 0.25) is 11.8 Å². The third-order valence-corrected chi connectivity index (χ3v) is 6.17. The summed E-state index contributed by atoms with van der Waals surface area (Å²) in [6, 6.07) is 0.250. The molecule has 2 aliphatic rings. The summed E-state index contributed by atoms with van der Waals surface area (Å²) in [5, 5.41) is 18.3. The predicted molar refractivity (Wildman–Crippen MR) is 110 cm³/mol. The van der Waals surface area contributed by atoms with Crippen LogP contribution in [0.3, 0.4) is 0 Å². The molecule has 2 amide bonds. The molecule has 3 heterocycles. The number of hydrogen-bond donors (Lipinski definition) is 2. The Morgan fingerprint density at radius 3 is 2.66 bits per heavy atom. The molecule has 2 N–H and O–H groups in total. The molecule has 2 aliphatic heterocycles. The molecule has 0 unspecified atom stereocenters. The van der Waals surface area contributed by atoms with Crippen LogP contribution in [0.4, 0.5) is 0 Å². The van der Waals surface area contributed by atoms with E-state index in [0.717, 1.165) is 50.9 Å². The molecule has 8 nitrogen and oxygen atoms in total. The van der Waals surface area contributed by atoms with Crippen molar-refractivity contribution >= 4 is 11.8 Å². The highest BCUT2D eigenvalue weighted by Crippen LogP contribution is 2.25. The Bertz CT molecular complexity index is 698. The molecule has 0 aliphatic carbocycles. The monoisotopic (exact) mass is 405 g/mol. The molecule has 0 bridgehead atoms. The Balaban J connectivity index is 1.43. The van der Waals surface area contributed by atoms with E-state index < -0.39 is 5.60 Å². The molecule has 29 heavy (non-hydrogen) atoms. The zero-order chi connectivity index (χ0) is 20.9. The summed E-state index contributed by atoms with van der Waals surface area (Å²) in [5.74, 6) is 0.188. The predicted octanol–water partition coefficient (Wildman–Crippen LogP) is 0.697. The van der Waals surface area contributed by atoms with E-state index in [4.69, 9.17) is 0 Å². The molecule has 1 atom stereocenters. The summed E-state index contributed by atoms with van der Waals surface area (Å²) in [7, 11) is 1.88. The number of aliphatic hydroxyl groups is 1. The summed E-state index contributed by atoms with van der Waals surface area (Å²) in [5.41, 5.74) is 0.342. The van der Waals surface area contributed by atoms with E-state index in [1.54, 1.807) is 11.6 Å². The summed E-state index contributed by atoms with van der Waals surface area (Å²) in [6.07, 6.45) is 8.98. The zero-order valence-electron chi connectivity index (χ0n) is 17.8. The van der Waals surface area contributed by atoms with Crippen molar-refractivity contribution in [2.24, 2.45) is 7.05 Å². The van der Waals surface area contributed by atoms with E-state index in [1.165, 1.54) is 0 Å². The fraction of sp³-hybridized carbons (Fsp3) is 0.762. The molecule has 8 heteroatoms. The molecule has 1 aromatic rings. The standard InChI is InChI=1S/C21H35N5O3/c1-17(27)23-19-6-11-25(12-7-19)16-21(29)8-3-10-26(13-9-21)20(28)5-4-18-14-22-24(2)15-18/h14-15,19,29H,3-13,16H2,1-2H3,(H,23,27)/t21-/m1/s1. The molecule has 0 saturated carbocycles. The van der Waals surface area contributed by atoms with Crippen LogP contribution in [-0.4, -0.2) is 80.9 Å². The summed E-state index contributed by atoms with van der Waals surface area (Å²) >= 11 is 0. The highest BCUT2D eigenvalue weighted by Gasteiger charge is 2.34. The van der Waals surface area contributed by atoms with Crippen molar-refractivity contribution in [1.82, 2.24) is 24.9 Å². The van der Waals surface area contributed by atoms with Crippen LogP contribution >= 0.6 is 0 Å². The first-order valence-electron chi connectivity index (χ1n) is 10.8. The number of nitrogens with one attached hydrogen (secondary N) is 1. The Labute approximate surface area is 173 Å². The van der Waals surface area contributed by atoms with Gasteiger partial charge in [0.25, 0.3) is 0 Å². The Kier molecular flexibility index (Phi) is 7.29. The number of amides is 2. The van der Waals surface area contributed by atoms with Crippen LogP contribution < -0.4 is 5.32 Å². The molecule has 2 fully saturated rings. The van der Waals surface area contributed by atoms with Gasteiger partial charge in [-0.3, -0.25) is 14.3 Å². The molecule has 1 aromatic heterocycles. The van der Waals surface area contributed by atoms with Gasteiger partial charge in [0.05, 0.1) is 11.8 Å². The molecule has 0 spiro atoms. The van der Waals surface area contributed by atoms with Crippen LogP contribution in [0.15, 0.2) is 12.4 Å². The summed E-state index contributed by atoms with van der Waals surface area (Å²) in [6.45, 7) is 5.33. The van der Waals surface area contributed by atoms with Gasteiger partial charge in [-0.05, 0) is 44.1 Å². The number of rotatable bonds is 6. The normalized spacial score (nSPS) is 24.3. The fourth-order valence-electron chi connectivity index (χ4n) is 4.54. The lowest BCUT2D eigenvalue weighted by Gasteiger charge is -2.38. The molecule has 162 valence electrons. The van der Waals surface area contributed by atoms with Gasteiger partial charge in [0, 0.05) is 65.4 Å². The van der Waals surface area contributed by atoms with Gasteiger partial charge >= 0.3 is 0 Å². The quantitative estimate of drug-likeness (QED) is 0.727. The molecular formula is C21H35N5O3. The first-order valence-corrected chi connectivity index (χ1v) is 10.8. The largest absolute Gasteiger partial charge is 0.388 e. The highest BCUT2D eigenvalue weighted by molar-refractivity contribution is 5.76. The summed E-state index contributed by atoms with van der Waals surface area (Å²) < 4.78 is 1.75. The lowest BCUT2D eigenvalue weighted by atomic mass is 9.93. The van der Waals surface area contributed by atoms with Crippen LogP contribution in [0, 0.1) is 0 Å². The summed E-state index contributed by atoms with van der Waals surface area (Å²) in [4.78, 5) is 28.1. The Hall–Kier alpha value is -1.93. The van der Waals surface area contributed by atoms with Crippen molar-refractivity contribution in [1.29, 1.82) is 0 Å². The number of nitrogens with zero attached hydrogens (tertiary/aromatic N) is 4. The minimum absolute atomic E-state index is 0.0270. The number of carbonyl (C=O) groups is 2. The fourth-order valence-corrected chi connectivity index (χ4v) is 4.54. The maximum absolute atomic E-state index is 12.6. The third kappa shape index (κ3) is 6.54. The van der Waals surface area contributed by atoms with Gasteiger partial charge in [-0.25, -0.2) is 0 Å². The minimum Gasteiger partial charge on any atom is -0.388 e. The first kappa shape index (κ1) is 21.8. The second-order valence-electron chi connectivity index (χ2n) is 8.73. The molecule has 2 saturated heterocycles. The highest BCUT2D eigenvalue weighted by atomic mass is 16.3. The van der Waals surface area contributed by atoms with Crippen LogP contribution in [0.25, 0.3) is 0 Å². The van der Waals surface area contributed by atoms with Crippen molar-refractivity contribution in [2.45, 2.75) is 63.5 Å². The first-order chi connectivity index (χ1) is 13.8. The zero-order valence-corrected chi connectivity index (χ0v) is 17.8. The Morgan fingerprint density at radius 1 is 1.24 bits per heavy atom. The van der Waals surface area contributed by atoms with Gasteiger partial charge in [-0.15, -0.1) is 0 Å². The second-order valence-corrected chi connectivity index (χ2v) is 8.73. The number of hydrogen-bond acceptors (Lipinski definition) is 5. The number of piperidine rings is 1. The third-order valence-electron chi connectivity index (χ3n) is 6.17. The average Bonchev–Trinajstić information content (AvgIpc) is 2.99. The SMILES string of the molecule is CC(=O)NC1CCN(C[C@@]2(O)CCCN(C(=O)CCc3cnn(C)c3)CC2)CC1. The van der Waals surface area contributed by atoms with Crippen LogP contribution in [0.1, 0.15) is 51.0 Å². The molecule has 0 aromatic carbocycles. The number of aryl methyl sites for hydroxylation is 2. The van der Waals surface area contributed by atoms with Crippen molar-refractivity contribution in [3.63, 3.8) is 0 Å². The number of β-amino-alcohol motifs (C(OH)–C–C–N with tert-alkyl or cyclic N) is 1. The van der Waals surface area contributed by atoms with Gasteiger partial charge in [-0.2, -0.15) is 5.10 Å². The Morgan fingerprint density at radius 2 is 2.00 bits per heavy atom. The van der Waals surface area contributed by atoms with E-state index in [9.17, 15) is 14.7 Å². The van der Waals surface area contributed by atoms with Gasteiger partial charge in [0.1, 0.15) is 0 Å². The van der Waals surface area contributed by atoms with E-state index in [1.807, 2.05) is 24.3 Å². The maximum Gasteiger partial charge on any atom is 0.222 e. The number of aromatic nitrogens is 2. The lowest BCUT2D eigenvalue weighted by Crippen LogP contribution is -2.50. The van der Waals surface area contributed by atoms with Crippen LogP contribution in [0.2, 0.25) is 0 Å². The average molecular weight is 406 g/mol. The van der Waals surface area contributed by atoms with E-state index in [2.05, 4.69) is 15.3 Å².